The molecule has 1 aromatic heterocycles. The van der Waals surface area contributed by atoms with Crippen molar-refractivity contribution in [2.45, 2.75) is 68.0 Å². The van der Waals surface area contributed by atoms with Crippen LogP contribution < -0.4 is 5.32 Å². The van der Waals surface area contributed by atoms with Crippen molar-refractivity contribution < 1.29 is 50.0 Å². The van der Waals surface area contributed by atoms with E-state index in [1.54, 1.807) is 0 Å². The highest BCUT2D eigenvalue weighted by atomic mass is 16.6. The van der Waals surface area contributed by atoms with Crippen LogP contribution in [-0.2, 0) is 14.3 Å². The monoisotopic (exact) mass is 434 g/mol. The summed E-state index contributed by atoms with van der Waals surface area (Å²) in [6, 6.07) is -1.15. The van der Waals surface area contributed by atoms with Gasteiger partial charge in [0.2, 0.25) is 5.91 Å². The maximum Gasteiger partial charge on any atom is 0.217 e. The maximum absolute atomic E-state index is 11.5. The molecule has 0 bridgehead atoms. The molecule has 1 unspecified atom stereocenters. The van der Waals surface area contributed by atoms with E-state index < -0.39 is 80.2 Å². The molecule has 0 aliphatic carbocycles. The lowest BCUT2D eigenvalue weighted by Crippen LogP contribution is -2.62. The topological polar surface area (TPSA) is 220 Å². The second kappa shape index (κ2) is 9.17. The molecule has 3 rings (SSSR count). The number of nitrogens with one attached hydrogen (secondary N) is 1. The van der Waals surface area contributed by atoms with Gasteiger partial charge in [-0.05, 0) is 0 Å². The van der Waals surface area contributed by atoms with E-state index in [4.69, 9.17) is 9.47 Å². The van der Waals surface area contributed by atoms with Gasteiger partial charge in [-0.2, -0.15) is 0 Å². The minimum absolute atomic E-state index is 0.0123. The number of nitrogens with zero attached hydrogens (tertiary/aromatic N) is 3. The van der Waals surface area contributed by atoms with Crippen LogP contribution in [0, 0.1) is 0 Å². The third-order valence-corrected chi connectivity index (χ3v) is 5.24. The molecule has 2 saturated heterocycles. The summed E-state index contributed by atoms with van der Waals surface area (Å²) in [6.07, 6.45) is -11.2. The van der Waals surface area contributed by atoms with Gasteiger partial charge in [0, 0.05) is 6.92 Å². The summed E-state index contributed by atoms with van der Waals surface area (Å²) in [5, 5.41) is 79.4. The van der Waals surface area contributed by atoms with Crippen LogP contribution >= 0.6 is 0 Å². The molecule has 1 amide bonds. The van der Waals surface area contributed by atoms with Crippen LogP contribution in [0.2, 0.25) is 0 Å². The number of carbonyl (C=O) groups excluding carboxylic acids is 1. The SMILES string of the molecule is CC(=O)N[C@@H]1[C@@H](O)[C@H](O)[C@@H](CO)O[C@H]1n1cc(C2O[C@H](CO)[C@@H](O)[C@H](O)[C@@H]2O)nn1. The molecule has 10 atom stereocenters. The van der Waals surface area contributed by atoms with Crippen molar-refractivity contribution in [3.63, 3.8) is 0 Å². The zero-order chi connectivity index (χ0) is 22.2. The summed E-state index contributed by atoms with van der Waals surface area (Å²) in [5.41, 5.74) is 0.0123. The van der Waals surface area contributed by atoms with Crippen molar-refractivity contribution in [1.29, 1.82) is 0 Å². The van der Waals surface area contributed by atoms with Gasteiger partial charge in [-0.25, -0.2) is 4.68 Å². The Morgan fingerprint density at radius 1 is 1.00 bits per heavy atom. The van der Waals surface area contributed by atoms with Crippen LogP contribution in [-0.4, -0.2) is 119 Å². The predicted molar refractivity (Wildman–Crippen MR) is 93.4 cm³/mol. The fourth-order valence-electron chi connectivity index (χ4n) is 3.61. The van der Waals surface area contributed by atoms with Crippen LogP contribution in [0.3, 0.4) is 0 Å². The maximum atomic E-state index is 11.5. The van der Waals surface area contributed by atoms with Crippen LogP contribution in [0.4, 0.5) is 0 Å². The van der Waals surface area contributed by atoms with E-state index in [1.807, 2.05) is 0 Å². The number of hydrogen-bond donors (Lipinski definition) is 8. The number of aliphatic hydroxyl groups excluding tert-OH is 7. The van der Waals surface area contributed by atoms with Crippen LogP contribution in [0.25, 0.3) is 0 Å². The van der Waals surface area contributed by atoms with Crippen molar-refractivity contribution in [3.8, 4) is 0 Å². The molecule has 0 radical (unpaired) electrons. The summed E-state index contributed by atoms with van der Waals surface area (Å²) in [4.78, 5) is 11.5. The number of aliphatic hydroxyl groups is 7. The van der Waals surface area contributed by atoms with Gasteiger partial charge in [-0.1, -0.05) is 5.21 Å². The van der Waals surface area contributed by atoms with Gasteiger partial charge in [-0.3, -0.25) is 4.79 Å². The Bertz CT molecular complexity index is 733. The lowest BCUT2D eigenvalue weighted by Gasteiger charge is -2.42. The largest absolute Gasteiger partial charge is 0.394 e. The first-order chi connectivity index (χ1) is 14.2. The molecule has 2 fully saturated rings. The van der Waals surface area contributed by atoms with Gasteiger partial charge in [0.05, 0.1) is 19.4 Å². The number of rotatable bonds is 5. The lowest BCUT2D eigenvalue weighted by atomic mass is 9.94. The van der Waals surface area contributed by atoms with Gasteiger partial charge in [0.1, 0.15) is 60.6 Å². The molecule has 8 N–H and O–H groups in total. The Morgan fingerprint density at radius 2 is 1.60 bits per heavy atom. The first-order valence-electron chi connectivity index (χ1n) is 9.31. The average Bonchev–Trinajstić information content (AvgIpc) is 3.19. The molecule has 14 nitrogen and oxygen atoms in total. The molecule has 30 heavy (non-hydrogen) atoms. The first-order valence-corrected chi connectivity index (χ1v) is 9.31. The molecule has 2 aliphatic heterocycles. The van der Waals surface area contributed by atoms with E-state index in [0.29, 0.717) is 0 Å². The minimum atomic E-state index is -1.61. The zero-order valence-electron chi connectivity index (χ0n) is 16.0. The van der Waals surface area contributed by atoms with E-state index in [0.717, 1.165) is 4.68 Å². The zero-order valence-corrected chi connectivity index (χ0v) is 16.0. The predicted octanol–water partition coefficient (Wildman–Crippen LogP) is -5.09. The number of amides is 1. The first kappa shape index (κ1) is 22.9. The lowest BCUT2D eigenvalue weighted by molar-refractivity contribution is -0.232. The van der Waals surface area contributed by atoms with Crippen molar-refractivity contribution >= 4 is 5.91 Å². The number of hydrogen-bond acceptors (Lipinski definition) is 12. The van der Waals surface area contributed by atoms with Gasteiger partial charge in [0.25, 0.3) is 0 Å². The Hall–Kier alpha value is -1.75. The molecule has 14 heteroatoms. The molecule has 0 aromatic carbocycles. The summed E-state index contributed by atoms with van der Waals surface area (Å²) in [5.74, 6) is -0.517. The molecular weight excluding hydrogens is 408 g/mol. The summed E-state index contributed by atoms with van der Waals surface area (Å²) in [6.45, 7) is -0.0288. The van der Waals surface area contributed by atoms with E-state index in [-0.39, 0.29) is 5.69 Å². The average molecular weight is 434 g/mol. The van der Waals surface area contributed by atoms with Crippen molar-refractivity contribution in [1.82, 2.24) is 20.3 Å². The van der Waals surface area contributed by atoms with E-state index >= 15 is 0 Å². The molecule has 170 valence electrons. The molecular formula is C16H26N4O10. The molecule has 0 saturated carbocycles. The highest BCUT2D eigenvalue weighted by molar-refractivity contribution is 5.73. The van der Waals surface area contributed by atoms with Crippen molar-refractivity contribution in [3.05, 3.63) is 11.9 Å². The molecule has 0 spiro atoms. The number of aromatic nitrogens is 3. The summed E-state index contributed by atoms with van der Waals surface area (Å²) < 4.78 is 12.1. The van der Waals surface area contributed by atoms with E-state index in [2.05, 4.69) is 15.6 Å². The normalized spacial score (nSPS) is 42.1. The smallest absolute Gasteiger partial charge is 0.217 e. The second-order valence-corrected chi connectivity index (χ2v) is 7.33. The van der Waals surface area contributed by atoms with Crippen LogP contribution in [0.1, 0.15) is 24.9 Å². The second-order valence-electron chi connectivity index (χ2n) is 7.33. The minimum Gasteiger partial charge on any atom is -0.394 e. The fraction of sp³-hybridized carbons (Fsp3) is 0.812. The van der Waals surface area contributed by atoms with E-state index in [1.165, 1.54) is 13.1 Å². The third-order valence-electron chi connectivity index (χ3n) is 5.24. The Labute approximate surface area is 170 Å². The number of carbonyl (C=O) groups is 1. The Balaban J connectivity index is 1.88. The molecule has 2 aliphatic rings. The van der Waals surface area contributed by atoms with Gasteiger partial charge in [0.15, 0.2) is 6.23 Å². The Morgan fingerprint density at radius 3 is 2.20 bits per heavy atom. The summed E-state index contributed by atoms with van der Waals surface area (Å²) >= 11 is 0. The van der Waals surface area contributed by atoms with Crippen LogP contribution in [0.5, 0.6) is 0 Å². The number of ether oxygens (including phenoxy) is 2. The van der Waals surface area contributed by atoms with Crippen molar-refractivity contribution in [2.75, 3.05) is 13.2 Å². The molecule has 3 heterocycles. The summed E-state index contributed by atoms with van der Waals surface area (Å²) in [7, 11) is 0. The van der Waals surface area contributed by atoms with Gasteiger partial charge >= 0.3 is 0 Å². The highest BCUT2D eigenvalue weighted by Gasteiger charge is 2.48. The third kappa shape index (κ3) is 4.18. The highest BCUT2D eigenvalue weighted by Crippen LogP contribution is 2.33. The molecule has 1 aromatic rings. The van der Waals surface area contributed by atoms with Gasteiger partial charge < -0.3 is 50.5 Å². The fourth-order valence-corrected chi connectivity index (χ4v) is 3.61. The standard InChI is InChI=1S/C16H26N4O10/c1-5(23)17-9-12(26)10(24)8(4-22)30-16(9)20-2-6(18-19-20)15-14(28)13(27)11(25)7(3-21)29-15/h2,7-16,21-22,24-28H,3-4H2,1H3,(H,17,23)/t7-,8-,9-,10-,11-,12-,13+,14+,15?,16-/m1/s1. The van der Waals surface area contributed by atoms with Crippen molar-refractivity contribution in [2.24, 2.45) is 0 Å². The quantitative estimate of drug-likeness (QED) is 0.218. The van der Waals surface area contributed by atoms with Crippen LogP contribution in [0.15, 0.2) is 6.20 Å². The van der Waals surface area contributed by atoms with E-state index in [9.17, 15) is 40.5 Å². The van der Waals surface area contributed by atoms with Gasteiger partial charge in [-0.15, -0.1) is 5.10 Å². The Kier molecular flexibility index (Phi) is 7.01.